The van der Waals surface area contributed by atoms with Crippen LogP contribution in [0.25, 0.3) is 22.2 Å². The lowest BCUT2D eigenvalue weighted by Gasteiger charge is -2.36. The van der Waals surface area contributed by atoms with Crippen molar-refractivity contribution in [1.29, 1.82) is 0 Å². The molecule has 8 heteroatoms. The molecule has 0 saturated carbocycles. The van der Waals surface area contributed by atoms with Gasteiger partial charge in [0.05, 0.1) is 21.7 Å². The van der Waals surface area contributed by atoms with Crippen molar-refractivity contribution in [3.05, 3.63) is 86.6 Å². The third kappa shape index (κ3) is 4.17. The zero-order valence-corrected chi connectivity index (χ0v) is 18.9. The van der Waals surface area contributed by atoms with E-state index in [1.54, 1.807) is 23.5 Å². The van der Waals surface area contributed by atoms with Gasteiger partial charge in [0.15, 0.2) is 0 Å². The normalized spacial score (nSPS) is 14.0. The molecule has 2 aromatic heterocycles. The van der Waals surface area contributed by atoms with Crippen molar-refractivity contribution in [3.8, 4) is 11.3 Å². The minimum absolute atomic E-state index is 0.00725. The Bertz CT molecular complexity index is 1330. The lowest BCUT2D eigenvalue weighted by Crippen LogP contribution is -2.48. The first-order valence-corrected chi connectivity index (χ1v) is 11.7. The summed E-state index contributed by atoms with van der Waals surface area (Å²) in [4.78, 5) is 33.0. The molecule has 7 nitrogen and oxygen atoms in total. The van der Waals surface area contributed by atoms with Crippen LogP contribution in [-0.2, 0) is 0 Å². The Morgan fingerprint density at radius 2 is 1.79 bits per heavy atom. The number of aromatic nitrogens is 1. The van der Waals surface area contributed by atoms with E-state index in [1.807, 2.05) is 52.9 Å². The number of hydrogen-bond donors (Lipinski definition) is 0. The highest BCUT2D eigenvalue weighted by Gasteiger charge is 2.25. The van der Waals surface area contributed by atoms with Gasteiger partial charge in [-0.3, -0.25) is 14.9 Å². The van der Waals surface area contributed by atoms with E-state index in [0.717, 1.165) is 33.4 Å². The van der Waals surface area contributed by atoms with Gasteiger partial charge in [0.25, 0.3) is 11.6 Å². The summed E-state index contributed by atoms with van der Waals surface area (Å²) in [5, 5.41) is 15.8. The fraction of sp³-hybridized carbons (Fsp3) is 0.200. The van der Waals surface area contributed by atoms with E-state index in [4.69, 9.17) is 4.98 Å². The van der Waals surface area contributed by atoms with Crippen LogP contribution >= 0.6 is 11.3 Å². The first kappa shape index (κ1) is 21.1. The van der Waals surface area contributed by atoms with Crippen LogP contribution in [-0.4, -0.2) is 46.9 Å². The van der Waals surface area contributed by atoms with Crippen LogP contribution in [0.1, 0.15) is 15.9 Å². The topological polar surface area (TPSA) is 79.6 Å². The van der Waals surface area contributed by atoms with E-state index < -0.39 is 4.92 Å². The molecule has 0 atom stereocenters. The van der Waals surface area contributed by atoms with Crippen LogP contribution in [0.5, 0.6) is 0 Å². The number of benzene rings is 2. The van der Waals surface area contributed by atoms with Gasteiger partial charge in [0.2, 0.25) is 0 Å². The number of fused-ring (bicyclic) bond motifs is 1. The third-order valence-corrected chi connectivity index (χ3v) is 6.69. The van der Waals surface area contributed by atoms with Crippen LogP contribution in [0, 0.1) is 17.0 Å². The van der Waals surface area contributed by atoms with Crippen molar-refractivity contribution in [2.75, 3.05) is 31.1 Å². The van der Waals surface area contributed by atoms with Crippen LogP contribution in [0.4, 0.5) is 11.4 Å². The molecule has 1 saturated heterocycles. The summed E-state index contributed by atoms with van der Waals surface area (Å²) in [5.41, 5.74) is 5.40. The average Bonchev–Trinajstić information content (AvgIpc) is 3.38. The van der Waals surface area contributed by atoms with Crippen molar-refractivity contribution in [1.82, 2.24) is 9.88 Å². The summed E-state index contributed by atoms with van der Waals surface area (Å²) in [5.74, 6) is 0.00725. The summed E-state index contributed by atoms with van der Waals surface area (Å²) in [6, 6.07) is 16.5. The maximum Gasteiger partial charge on any atom is 0.269 e. The van der Waals surface area contributed by atoms with Gasteiger partial charge in [-0.25, -0.2) is 4.98 Å². The number of nitrogens with zero attached hydrogens (tertiary/aromatic N) is 4. The summed E-state index contributed by atoms with van der Waals surface area (Å²) in [6.45, 7) is 4.52. The summed E-state index contributed by atoms with van der Waals surface area (Å²) in [6.07, 6.45) is 0. The van der Waals surface area contributed by atoms with Gasteiger partial charge in [-0.1, -0.05) is 11.6 Å². The largest absolute Gasteiger partial charge is 0.368 e. The predicted octanol–water partition coefficient (Wildman–Crippen LogP) is 5.14. The van der Waals surface area contributed by atoms with E-state index in [1.165, 1.54) is 12.1 Å². The molecule has 0 radical (unpaired) electrons. The number of thiophene rings is 1. The Hall–Kier alpha value is -3.78. The van der Waals surface area contributed by atoms with Crippen LogP contribution < -0.4 is 4.90 Å². The zero-order valence-electron chi connectivity index (χ0n) is 18.1. The second kappa shape index (κ2) is 8.63. The summed E-state index contributed by atoms with van der Waals surface area (Å²) >= 11 is 1.61. The number of nitro benzene ring substituents is 1. The van der Waals surface area contributed by atoms with Crippen molar-refractivity contribution in [2.45, 2.75) is 6.92 Å². The number of hydrogen-bond acceptors (Lipinski definition) is 6. The number of pyridine rings is 1. The van der Waals surface area contributed by atoms with E-state index in [0.29, 0.717) is 31.7 Å². The lowest BCUT2D eigenvalue weighted by atomic mass is 10.0. The lowest BCUT2D eigenvalue weighted by molar-refractivity contribution is -0.384. The number of anilines is 1. The van der Waals surface area contributed by atoms with Gasteiger partial charge >= 0.3 is 0 Å². The highest BCUT2D eigenvalue weighted by atomic mass is 32.1. The fourth-order valence-corrected chi connectivity index (χ4v) is 4.85. The molecule has 4 aromatic rings. The number of piperazine rings is 1. The molecule has 1 aliphatic rings. The van der Waals surface area contributed by atoms with Gasteiger partial charge in [0, 0.05) is 60.3 Å². The minimum Gasteiger partial charge on any atom is -0.368 e. The molecular formula is C25H22N4O3S. The monoisotopic (exact) mass is 458 g/mol. The molecule has 0 aliphatic carbocycles. The Labute approximate surface area is 195 Å². The molecule has 0 spiro atoms. The zero-order chi connectivity index (χ0) is 22.9. The smallest absolute Gasteiger partial charge is 0.269 e. The number of carbonyl (C=O) groups excluding carboxylic acids is 1. The third-order valence-electron chi connectivity index (χ3n) is 6.00. The number of rotatable bonds is 4. The maximum absolute atomic E-state index is 13.6. The predicted molar refractivity (Wildman–Crippen MR) is 131 cm³/mol. The molecule has 0 N–H and O–H groups in total. The van der Waals surface area contributed by atoms with Crippen LogP contribution in [0.2, 0.25) is 0 Å². The number of non-ortho nitro benzene ring substituents is 1. The molecule has 3 heterocycles. The molecule has 0 bridgehead atoms. The number of carbonyl (C=O) groups is 1. The second-order valence-electron chi connectivity index (χ2n) is 8.14. The van der Waals surface area contributed by atoms with Gasteiger partial charge in [-0.2, -0.15) is 11.3 Å². The van der Waals surface area contributed by atoms with E-state index in [2.05, 4.69) is 4.90 Å². The molecule has 1 aliphatic heterocycles. The first-order valence-electron chi connectivity index (χ1n) is 10.7. The molecule has 5 rings (SSSR count). The van der Waals surface area contributed by atoms with Crippen LogP contribution in [0.3, 0.4) is 0 Å². The molecule has 166 valence electrons. The molecule has 0 unspecified atom stereocenters. The van der Waals surface area contributed by atoms with Crippen molar-refractivity contribution in [3.63, 3.8) is 0 Å². The highest BCUT2D eigenvalue weighted by Crippen LogP contribution is 2.28. The standard InChI is InChI=1S/C25H22N4O3S/c1-17-2-7-23-21(14-17)22(15-24(26-23)18-8-13-33-16-18)25(30)28-11-9-27(10-12-28)19-3-5-20(6-4-19)29(31)32/h2-8,13-16H,9-12H2,1H3. The SMILES string of the molecule is Cc1ccc2nc(-c3ccsc3)cc(C(=O)N3CCN(c4ccc([N+](=O)[O-])cc4)CC3)c2c1. The van der Waals surface area contributed by atoms with Crippen LogP contribution in [0.15, 0.2) is 65.4 Å². The van der Waals surface area contributed by atoms with E-state index in [9.17, 15) is 14.9 Å². The Morgan fingerprint density at radius 1 is 1.03 bits per heavy atom. The second-order valence-corrected chi connectivity index (χ2v) is 8.92. The molecule has 1 amide bonds. The average molecular weight is 459 g/mol. The van der Waals surface area contributed by atoms with Gasteiger partial charge in [-0.15, -0.1) is 0 Å². The van der Waals surface area contributed by atoms with Crippen molar-refractivity contribution < 1.29 is 9.72 Å². The minimum atomic E-state index is -0.397. The Morgan fingerprint density at radius 3 is 2.45 bits per heavy atom. The Kier molecular flexibility index (Phi) is 5.51. The van der Waals surface area contributed by atoms with E-state index in [-0.39, 0.29) is 11.6 Å². The fourth-order valence-electron chi connectivity index (χ4n) is 4.20. The number of nitro groups is 1. The molecule has 1 fully saturated rings. The Balaban J connectivity index is 1.40. The molecule has 33 heavy (non-hydrogen) atoms. The van der Waals surface area contributed by atoms with Crippen molar-refractivity contribution >= 4 is 39.5 Å². The molecular weight excluding hydrogens is 436 g/mol. The van der Waals surface area contributed by atoms with Gasteiger partial charge < -0.3 is 9.80 Å². The van der Waals surface area contributed by atoms with Gasteiger partial charge in [-0.05, 0) is 48.7 Å². The molecule has 2 aromatic carbocycles. The van der Waals surface area contributed by atoms with Crippen molar-refractivity contribution in [2.24, 2.45) is 0 Å². The maximum atomic E-state index is 13.6. The quantitative estimate of drug-likeness (QED) is 0.312. The van der Waals surface area contributed by atoms with E-state index >= 15 is 0 Å². The highest BCUT2D eigenvalue weighted by molar-refractivity contribution is 7.08. The number of aryl methyl sites for hydroxylation is 1. The number of amides is 1. The van der Waals surface area contributed by atoms with Gasteiger partial charge in [0.1, 0.15) is 0 Å². The summed E-state index contributed by atoms with van der Waals surface area (Å²) in [7, 11) is 0. The summed E-state index contributed by atoms with van der Waals surface area (Å²) < 4.78 is 0. The first-order chi connectivity index (χ1) is 16.0.